The third kappa shape index (κ3) is 5.56. The van der Waals surface area contributed by atoms with Crippen molar-refractivity contribution >= 4 is 35.8 Å². The van der Waals surface area contributed by atoms with Crippen LogP contribution in [-0.2, 0) is 9.47 Å². The maximum atomic E-state index is 12.3. The summed E-state index contributed by atoms with van der Waals surface area (Å²) in [7, 11) is 0. The Bertz CT molecular complexity index is 1210. The summed E-state index contributed by atoms with van der Waals surface area (Å²) in [5.74, 6) is -6.61. The van der Waals surface area contributed by atoms with Crippen molar-refractivity contribution < 1.29 is 48.5 Å². The van der Waals surface area contributed by atoms with Gasteiger partial charge in [0.25, 0.3) is 0 Å². The van der Waals surface area contributed by atoms with Crippen molar-refractivity contribution in [3.8, 4) is 0 Å². The van der Waals surface area contributed by atoms with E-state index in [1.807, 2.05) is 0 Å². The zero-order chi connectivity index (χ0) is 24.8. The number of aromatic carboxylic acids is 2. The minimum absolute atomic E-state index is 0.0542. The van der Waals surface area contributed by atoms with Crippen LogP contribution >= 0.6 is 0 Å². The van der Waals surface area contributed by atoms with Crippen LogP contribution < -0.4 is 0 Å². The third-order valence-electron chi connectivity index (χ3n) is 4.44. The van der Waals surface area contributed by atoms with Crippen LogP contribution in [0.2, 0.25) is 0 Å². The van der Waals surface area contributed by atoms with E-state index in [9.17, 15) is 28.8 Å². The number of esters is 4. The fourth-order valence-electron chi connectivity index (χ4n) is 2.68. The van der Waals surface area contributed by atoms with Gasteiger partial charge in [0.15, 0.2) is 0 Å². The summed E-state index contributed by atoms with van der Waals surface area (Å²) in [5.41, 5.74) is -0.587. The Hall–Kier alpha value is -5.12. The van der Waals surface area contributed by atoms with Crippen LogP contribution in [-0.4, -0.2) is 46.0 Å². The Labute approximate surface area is 191 Å². The molecule has 0 radical (unpaired) electrons. The summed E-state index contributed by atoms with van der Waals surface area (Å²) in [6, 6.07) is 14.3. The molecule has 0 aliphatic rings. The van der Waals surface area contributed by atoms with Crippen molar-refractivity contribution in [2.45, 2.75) is 0 Å². The third-order valence-corrected chi connectivity index (χ3v) is 4.44. The van der Waals surface area contributed by atoms with Gasteiger partial charge in [-0.15, -0.1) is 0 Å². The van der Waals surface area contributed by atoms with Gasteiger partial charge >= 0.3 is 35.8 Å². The lowest BCUT2D eigenvalue weighted by Gasteiger charge is -2.06. The van der Waals surface area contributed by atoms with Crippen molar-refractivity contribution in [1.82, 2.24) is 0 Å². The summed E-state index contributed by atoms with van der Waals surface area (Å²) in [6.45, 7) is 0. The summed E-state index contributed by atoms with van der Waals surface area (Å²) >= 11 is 0. The first kappa shape index (κ1) is 23.5. The number of carboxylic acids is 2. The van der Waals surface area contributed by atoms with Crippen molar-refractivity contribution in [3.63, 3.8) is 0 Å². The minimum Gasteiger partial charge on any atom is -0.478 e. The second-order valence-corrected chi connectivity index (χ2v) is 6.70. The molecule has 0 saturated carbocycles. The van der Waals surface area contributed by atoms with Crippen LogP contribution in [0.25, 0.3) is 0 Å². The molecule has 0 fully saturated rings. The van der Waals surface area contributed by atoms with E-state index in [0.29, 0.717) is 0 Å². The Balaban J connectivity index is 1.67. The Morgan fingerprint density at radius 2 is 0.735 bits per heavy atom. The molecule has 170 valence electrons. The molecule has 0 unspecified atom stereocenters. The maximum Gasteiger partial charge on any atom is 0.346 e. The lowest BCUT2D eigenvalue weighted by molar-refractivity contribution is 0.0386. The molecule has 3 aromatic rings. The summed E-state index contributed by atoms with van der Waals surface area (Å²) < 4.78 is 9.49. The molecule has 10 nitrogen and oxygen atoms in total. The van der Waals surface area contributed by atoms with Gasteiger partial charge in [-0.1, -0.05) is 6.07 Å². The van der Waals surface area contributed by atoms with Crippen LogP contribution in [0.3, 0.4) is 0 Å². The molecule has 0 heterocycles. The largest absolute Gasteiger partial charge is 0.478 e. The van der Waals surface area contributed by atoms with E-state index >= 15 is 0 Å². The fraction of sp³-hybridized carbons (Fsp3) is 0. The Morgan fingerprint density at radius 1 is 0.441 bits per heavy atom. The topological polar surface area (TPSA) is 161 Å². The molecule has 0 atom stereocenters. The highest BCUT2D eigenvalue weighted by atomic mass is 16.6. The van der Waals surface area contributed by atoms with Gasteiger partial charge in [0, 0.05) is 0 Å². The first-order chi connectivity index (χ1) is 16.2. The molecular formula is C24H14O10. The van der Waals surface area contributed by atoms with E-state index in [2.05, 4.69) is 0 Å². The highest BCUT2D eigenvalue weighted by molar-refractivity contribution is 6.06. The second kappa shape index (κ2) is 10.0. The first-order valence-corrected chi connectivity index (χ1v) is 9.45. The predicted molar refractivity (Wildman–Crippen MR) is 113 cm³/mol. The van der Waals surface area contributed by atoms with Gasteiger partial charge in [0.05, 0.1) is 33.4 Å². The normalized spacial score (nSPS) is 10.1. The van der Waals surface area contributed by atoms with E-state index in [-0.39, 0.29) is 33.4 Å². The van der Waals surface area contributed by atoms with Crippen LogP contribution in [0, 0.1) is 0 Å². The number of hydrogen-bond donors (Lipinski definition) is 2. The van der Waals surface area contributed by atoms with Crippen LogP contribution in [0.15, 0.2) is 72.8 Å². The van der Waals surface area contributed by atoms with Crippen molar-refractivity contribution in [2.75, 3.05) is 0 Å². The van der Waals surface area contributed by atoms with Gasteiger partial charge < -0.3 is 19.7 Å². The Morgan fingerprint density at radius 3 is 1.06 bits per heavy atom. The van der Waals surface area contributed by atoms with Gasteiger partial charge in [-0.3, -0.25) is 0 Å². The number of rotatable bonds is 6. The first-order valence-electron chi connectivity index (χ1n) is 9.45. The maximum absolute atomic E-state index is 12.3. The minimum atomic E-state index is -1.18. The van der Waals surface area contributed by atoms with Gasteiger partial charge in [0.1, 0.15) is 0 Å². The van der Waals surface area contributed by atoms with Crippen LogP contribution in [0.4, 0.5) is 0 Å². The van der Waals surface area contributed by atoms with Crippen molar-refractivity contribution in [2.24, 2.45) is 0 Å². The predicted octanol–water partition coefficient (Wildman–Crippen LogP) is 3.08. The second-order valence-electron chi connectivity index (χ2n) is 6.70. The molecule has 10 heteroatoms. The zero-order valence-electron chi connectivity index (χ0n) is 17.1. The standard InChI is InChI=1S/C24H14O10/c25-19(26)13-4-8-15(9-5-13)21(29)33-23(31)17-2-1-3-18(12-17)24(32)34-22(30)16-10-6-14(7-11-16)20(27)28/h1-12H,(H,25,26)(H,27,28). The van der Waals surface area contributed by atoms with Gasteiger partial charge in [-0.2, -0.15) is 0 Å². The molecular weight excluding hydrogens is 448 g/mol. The highest BCUT2D eigenvalue weighted by Crippen LogP contribution is 2.13. The number of carbonyl (C=O) groups excluding carboxylic acids is 4. The summed E-state index contributed by atoms with van der Waals surface area (Å²) in [6.07, 6.45) is 0. The number of hydrogen-bond acceptors (Lipinski definition) is 8. The molecule has 3 aromatic carbocycles. The average Bonchev–Trinajstić information content (AvgIpc) is 2.84. The summed E-state index contributed by atoms with van der Waals surface area (Å²) in [4.78, 5) is 70.6. The lowest BCUT2D eigenvalue weighted by Crippen LogP contribution is -2.15. The lowest BCUT2D eigenvalue weighted by atomic mass is 10.1. The molecule has 0 spiro atoms. The van der Waals surface area contributed by atoms with Gasteiger partial charge in [0.2, 0.25) is 0 Å². The average molecular weight is 462 g/mol. The molecule has 2 N–H and O–H groups in total. The molecule has 3 rings (SSSR count). The monoisotopic (exact) mass is 462 g/mol. The number of benzene rings is 3. The van der Waals surface area contributed by atoms with Crippen molar-refractivity contribution in [3.05, 3.63) is 106 Å². The smallest absolute Gasteiger partial charge is 0.346 e. The number of carbonyl (C=O) groups is 6. The number of carboxylic acid groups (broad SMARTS) is 2. The van der Waals surface area contributed by atoms with Crippen LogP contribution in [0.5, 0.6) is 0 Å². The number of ether oxygens (including phenoxy) is 2. The van der Waals surface area contributed by atoms with E-state index < -0.39 is 35.8 Å². The van der Waals surface area contributed by atoms with E-state index in [0.717, 1.165) is 6.07 Å². The molecule has 0 aliphatic heterocycles. The van der Waals surface area contributed by atoms with E-state index in [1.54, 1.807) is 0 Å². The molecule has 0 amide bonds. The molecule has 0 saturated heterocycles. The Kier molecular flexibility index (Phi) is 6.92. The SMILES string of the molecule is O=C(O)c1ccc(C(=O)OC(=O)c2cccc(C(=O)OC(=O)c3ccc(C(=O)O)cc3)c2)cc1. The fourth-order valence-corrected chi connectivity index (χ4v) is 2.68. The molecule has 0 bridgehead atoms. The quantitative estimate of drug-likeness (QED) is 0.411. The molecule has 34 heavy (non-hydrogen) atoms. The van der Waals surface area contributed by atoms with Crippen LogP contribution in [0.1, 0.15) is 62.1 Å². The van der Waals surface area contributed by atoms with E-state index in [1.165, 1.54) is 66.7 Å². The zero-order valence-corrected chi connectivity index (χ0v) is 17.1. The van der Waals surface area contributed by atoms with E-state index in [4.69, 9.17) is 19.7 Å². The van der Waals surface area contributed by atoms with Gasteiger partial charge in [-0.25, -0.2) is 28.8 Å². The highest BCUT2D eigenvalue weighted by Gasteiger charge is 2.20. The van der Waals surface area contributed by atoms with Crippen molar-refractivity contribution in [1.29, 1.82) is 0 Å². The molecule has 0 aromatic heterocycles. The summed E-state index contributed by atoms with van der Waals surface area (Å²) in [5, 5.41) is 17.8. The van der Waals surface area contributed by atoms with Gasteiger partial charge in [-0.05, 0) is 66.7 Å². The molecule has 0 aliphatic carbocycles.